The first kappa shape index (κ1) is 19.1. The average Bonchev–Trinajstić information content (AvgIpc) is 2.78. The van der Waals surface area contributed by atoms with Crippen molar-refractivity contribution in [2.45, 2.75) is 0 Å². The van der Waals surface area contributed by atoms with Crippen LogP contribution in [0.5, 0.6) is 11.5 Å². The van der Waals surface area contributed by atoms with E-state index >= 15 is 0 Å². The highest BCUT2D eigenvalue weighted by Crippen LogP contribution is 2.29. The number of carbonyl (C=O) groups is 1. The van der Waals surface area contributed by atoms with Gasteiger partial charge in [0.05, 0.1) is 12.8 Å². The third-order valence-corrected chi connectivity index (χ3v) is 4.39. The van der Waals surface area contributed by atoms with Crippen molar-refractivity contribution < 1.29 is 18.7 Å². The zero-order valence-corrected chi connectivity index (χ0v) is 16.1. The van der Waals surface area contributed by atoms with Gasteiger partial charge in [0.1, 0.15) is 11.1 Å². The lowest BCUT2D eigenvalue weighted by atomic mass is 10.1. The lowest BCUT2D eigenvalue weighted by Gasteiger charge is -2.10. The number of rotatable bonds is 5. The van der Waals surface area contributed by atoms with E-state index in [4.69, 9.17) is 13.9 Å². The molecule has 0 aliphatic rings. The Kier molecular flexibility index (Phi) is 5.39. The first-order valence-electron chi connectivity index (χ1n) is 9.16. The normalized spacial score (nSPS) is 11.0. The number of benzene rings is 2. The maximum absolute atomic E-state index is 12.6. The van der Waals surface area contributed by atoms with Gasteiger partial charge in [-0.25, -0.2) is 9.59 Å². The molecule has 0 atom stereocenters. The van der Waals surface area contributed by atoms with Crippen molar-refractivity contribution in [2.75, 3.05) is 7.11 Å². The Labute approximate surface area is 172 Å². The first-order chi connectivity index (χ1) is 14.6. The Balaban J connectivity index is 1.58. The van der Waals surface area contributed by atoms with Crippen LogP contribution in [0, 0.1) is 0 Å². The SMILES string of the molecule is COc1cc(/C=C/c2ccccn2)ccc1OC(=O)c1cc2ccccc2oc1=O. The molecule has 0 amide bonds. The maximum atomic E-state index is 12.6. The minimum Gasteiger partial charge on any atom is -0.493 e. The molecule has 0 aliphatic carbocycles. The van der Waals surface area contributed by atoms with E-state index in [1.165, 1.54) is 13.2 Å². The summed E-state index contributed by atoms with van der Waals surface area (Å²) < 4.78 is 16.0. The summed E-state index contributed by atoms with van der Waals surface area (Å²) in [4.78, 5) is 29.0. The summed E-state index contributed by atoms with van der Waals surface area (Å²) in [5.74, 6) is -0.258. The second-order valence-electron chi connectivity index (χ2n) is 6.37. The molecule has 6 nitrogen and oxygen atoms in total. The number of hydrogen-bond donors (Lipinski definition) is 0. The number of nitrogens with zero attached hydrogens (tertiary/aromatic N) is 1. The molecule has 0 unspecified atom stereocenters. The molecule has 4 rings (SSSR count). The van der Waals surface area contributed by atoms with Gasteiger partial charge in [0.25, 0.3) is 0 Å². The lowest BCUT2D eigenvalue weighted by molar-refractivity contribution is 0.0725. The molecule has 0 saturated carbocycles. The maximum Gasteiger partial charge on any atom is 0.351 e. The van der Waals surface area contributed by atoms with Crippen LogP contribution < -0.4 is 15.1 Å². The summed E-state index contributed by atoms with van der Waals surface area (Å²) >= 11 is 0. The zero-order chi connectivity index (χ0) is 20.9. The molecule has 2 heterocycles. The number of methoxy groups -OCH3 is 1. The Morgan fingerprint density at radius 1 is 0.967 bits per heavy atom. The molecule has 30 heavy (non-hydrogen) atoms. The fourth-order valence-electron chi connectivity index (χ4n) is 2.89. The van der Waals surface area contributed by atoms with Crippen molar-refractivity contribution in [2.24, 2.45) is 0 Å². The number of pyridine rings is 1. The van der Waals surface area contributed by atoms with E-state index < -0.39 is 11.6 Å². The van der Waals surface area contributed by atoms with Gasteiger partial charge in [-0.05, 0) is 48.0 Å². The van der Waals surface area contributed by atoms with Gasteiger partial charge < -0.3 is 13.9 Å². The predicted octanol–water partition coefficient (Wildman–Crippen LogP) is 4.59. The average molecular weight is 399 g/mol. The van der Waals surface area contributed by atoms with Crippen molar-refractivity contribution in [1.29, 1.82) is 0 Å². The van der Waals surface area contributed by atoms with Crippen LogP contribution in [-0.4, -0.2) is 18.1 Å². The number of aromatic nitrogens is 1. The highest BCUT2D eigenvalue weighted by Gasteiger charge is 2.18. The molecule has 148 valence electrons. The molecule has 2 aromatic heterocycles. The molecule has 0 N–H and O–H groups in total. The van der Waals surface area contributed by atoms with Crippen LogP contribution in [0.4, 0.5) is 0 Å². The van der Waals surface area contributed by atoms with Crippen LogP contribution in [0.2, 0.25) is 0 Å². The molecule has 4 aromatic rings. The van der Waals surface area contributed by atoms with Gasteiger partial charge in [0, 0.05) is 11.6 Å². The van der Waals surface area contributed by atoms with Gasteiger partial charge in [0.15, 0.2) is 11.5 Å². The highest BCUT2D eigenvalue weighted by molar-refractivity contribution is 5.94. The van der Waals surface area contributed by atoms with Crippen molar-refractivity contribution in [3.05, 3.63) is 100 Å². The summed E-state index contributed by atoms with van der Waals surface area (Å²) in [6.45, 7) is 0. The number of para-hydroxylation sites is 1. The molecule has 2 aromatic carbocycles. The van der Waals surface area contributed by atoms with Crippen molar-refractivity contribution in [3.8, 4) is 11.5 Å². The highest BCUT2D eigenvalue weighted by atomic mass is 16.6. The molecular weight excluding hydrogens is 382 g/mol. The number of esters is 1. The Bertz CT molecular complexity index is 1290. The van der Waals surface area contributed by atoms with Gasteiger partial charge in [-0.15, -0.1) is 0 Å². The topological polar surface area (TPSA) is 78.6 Å². The molecule has 0 aliphatic heterocycles. The molecule has 0 fully saturated rings. The van der Waals surface area contributed by atoms with Gasteiger partial charge in [-0.2, -0.15) is 0 Å². The summed E-state index contributed by atoms with van der Waals surface area (Å²) in [6.07, 6.45) is 5.45. The number of ether oxygens (including phenoxy) is 2. The quantitative estimate of drug-likeness (QED) is 0.278. The summed E-state index contributed by atoms with van der Waals surface area (Å²) in [7, 11) is 1.48. The number of hydrogen-bond acceptors (Lipinski definition) is 6. The van der Waals surface area contributed by atoms with Gasteiger partial charge in [0.2, 0.25) is 0 Å². The van der Waals surface area contributed by atoms with Crippen LogP contribution >= 0.6 is 0 Å². The fraction of sp³-hybridized carbons (Fsp3) is 0.0417. The smallest absolute Gasteiger partial charge is 0.351 e. The second-order valence-corrected chi connectivity index (χ2v) is 6.37. The molecule has 0 radical (unpaired) electrons. The molecular formula is C24H17NO5. The third kappa shape index (κ3) is 4.12. The molecule has 0 bridgehead atoms. The van der Waals surface area contributed by atoms with Gasteiger partial charge in [-0.1, -0.05) is 36.4 Å². The monoisotopic (exact) mass is 399 g/mol. The van der Waals surface area contributed by atoms with E-state index in [9.17, 15) is 9.59 Å². The van der Waals surface area contributed by atoms with E-state index in [-0.39, 0.29) is 11.3 Å². The molecule has 0 saturated heterocycles. The lowest BCUT2D eigenvalue weighted by Crippen LogP contribution is -2.19. The molecule has 6 heteroatoms. The van der Waals surface area contributed by atoms with Crippen molar-refractivity contribution in [1.82, 2.24) is 4.98 Å². The second kappa shape index (κ2) is 8.45. The fourth-order valence-corrected chi connectivity index (χ4v) is 2.89. The Hall–Kier alpha value is -4.19. The van der Waals surface area contributed by atoms with E-state index in [1.54, 1.807) is 48.7 Å². The number of carbonyl (C=O) groups excluding carboxylic acids is 1. The summed E-state index contributed by atoms with van der Waals surface area (Å²) in [6, 6.07) is 19.1. The minimum absolute atomic E-state index is 0.185. The largest absolute Gasteiger partial charge is 0.493 e. The van der Waals surface area contributed by atoms with Gasteiger partial charge >= 0.3 is 11.6 Å². The predicted molar refractivity (Wildman–Crippen MR) is 114 cm³/mol. The standard InChI is InChI=1S/C24H17NO5/c1-28-22-14-16(9-11-18-7-4-5-13-25-18)10-12-21(22)30-24(27)19-15-17-6-2-3-8-20(17)29-23(19)26/h2-15H,1H3/b11-9+. The van der Waals surface area contributed by atoms with Crippen LogP contribution in [0.3, 0.4) is 0 Å². The Morgan fingerprint density at radius 3 is 2.60 bits per heavy atom. The number of fused-ring (bicyclic) bond motifs is 1. The zero-order valence-electron chi connectivity index (χ0n) is 16.1. The van der Waals surface area contributed by atoms with Gasteiger partial charge in [-0.3, -0.25) is 4.98 Å². The summed E-state index contributed by atoms with van der Waals surface area (Å²) in [5, 5.41) is 0.631. The van der Waals surface area contributed by atoms with E-state index in [1.807, 2.05) is 30.4 Å². The van der Waals surface area contributed by atoms with Crippen LogP contribution in [-0.2, 0) is 0 Å². The Morgan fingerprint density at radius 2 is 1.80 bits per heavy atom. The summed E-state index contributed by atoms with van der Waals surface area (Å²) in [5.41, 5.74) is 1.11. The first-order valence-corrected chi connectivity index (χ1v) is 9.16. The van der Waals surface area contributed by atoms with Crippen LogP contribution in [0.1, 0.15) is 21.6 Å². The minimum atomic E-state index is -0.815. The van der Waals surface area contributed by atoms with Crippen LogP contribution in [0.15, 0.2) is 82.1 Å². The van der Waals surface area contributed by atoms with E-state index in [2.05, 4.69) is 4.98 Å². The third-order valence-electron chi connectivity index (χ3n) is 4.39. The van der Waals surface area contributed by atoms with Crippen LogP contribution in [0.25, 0.3) is 23.1 Å². The van der Waals surface area contributed by atoms with E-state index in [0.29, 0.717) is 16.7 Å². The van der Waals surface area contributed by atoms with Crippen molar-refractivity contribution in [3.63, 3.8) is 0 Å². The van der Waals surface area contributed by atoms with Crippen molar-refractivity contribution >= 4 is 29.1 Å². The molecule has 0 spiro atoms. The van der Waals surface area contributed by atoms with E-state index in [0.717, 1.165) is 11.3 Å².